The standard InChI is InChI=1S/C14H16BrF2N3O/c1-2-21-7-3-5-20-6-4-18-14(20)19-13-11(15)8-10(16)9-12(13)17/h4,6,8-9H,2-3,5,7H2,1H3,(H,18,19). The summed E-state index contributed by atoms with van der Waals surface area (Å²) in [7, 11) is 0. The minimum atomic E-state index is -0.675. The molecule has 0 aliphatic carbocycles. The first-order chi connectivity index (χ1) is 10.1. The highest BCUT2D eigenvalue weighted by Crippen LogP contribution is 2.29. The summed E-state index contributed by atoms with van der Waals surface area (Å²) in [5, 5.41) is 2.88. The van der Waals surface area contributed by atoms with Gasteiger partial charge in [0, 0.05) is 42.7 Å². The predicted molar refractivity (Wildman–Crippen MR) is 80.7 cm³/mol. The molecule has 0 amide bonds. The van der Waals surface area contributed by atoms with Crippen molar-refractivity contribution in [3.63, 3.8) is 0 Å². The molecule has 7 heteroatoms. The third-order valence-corrected chi connectivity index (χ3v) is 3.48. The smallest absolute Gasteiger partial charge is 0.207 e. The van der Waals surface area contributed by atoms with Crippen LogP contribution in [0.15, 0.2) is 29.0 Å². The molecular formula is C14H16BrF2N3O. The maximum Gasteiger partial charge on any atom is 0.207 e. The SMILES string of the molecule is CCOCCCn1ccnc1Nc1c(F)cc(F)cc1Br. The molecule has 4 nitrogen and oxygen atoms in total. The highest BCUT2D eigenvalue weighted by atomic mass is 79.9. The van der Waals surface area contributed by atoms with Crippen LogP contribution in [0.3, 0.4) is 0 Å². The van der Waals surface area contributed by atoms with Crippen LogP contribution in [0.2, 0.25) is 0 Å². The number of ether oxygens (including phenoxy) is 1. The van der Waals surface area contributed by atoms with E-state index in [2.05, 4.69) is 26.2 Å². The average Bonchev–Trinajstić information content (AvgIpc) is 2.86. The number of halogens is 3. The van der Waals surface area contributed by atoms with E-state index in [0.29, 0.717) is 30.2 Å². The van der Waals surface area contributed by atoms with Crippen molar-refractivity contribution < 1.29 is 13.5 Å². The maximum absolute atomic E-state index is 13.8. The quantitative estimate of drug-likeness (QED) is 0.756. The number of anilines is 2. The van der Waals surface area contributed by atoms with Crippen LogP contribution in [-0.2, 0) is 11.3 Å². The van der Waals surface area contributed by atoms with Crippen LogP contribution in [0.25, 0.3) is 0 Å². The fourth-order valence-corrected chi connectivity index (χ4v) is 2.38. The van der Waals surface area contributed by atoms with E-state index in [9.17, 15) is 8.78 Å². The second-order valence-electron chi connectivity index (χ2n) is 4.36. The minimum Gasteiger partial charge on any atom is -0.382 e. The molecule has 2 aromatic rings. The van der Waals surface area contributed by atoms with E-state index in [-0.39, 0.29) is 5.69 Å². The summed E-state index contributed by atoms with van der Waals surface area (Å²) in [5.74, 6) is -0.812. The zero-order valence-corrected chi connectivity index (χ0v) is 13.2. The predicted octanol–water partition coefficient (Wildman–Crippen LogP) is 4.09. The lowest BCUT2D eigenvalue weighted by atomic mass is 10.3. The van der Waals surface area contributed by atoms with Crippen LogP contribution >= 0.6 is 15.9 Å². The maximum atomic E-state index is 13.8. The molecule has 1 N–H and O–H groups in total. The van der Waals surface area contributed by atoms with E-state index in [1.165, 1.54) is 6.07 Å². The van der Waals surface area contributed by atoms with Gasteiger partial charge in [-0.25, -0.2) is 13.8 Å². The molecule has 0 unspecified atom stereocenters. The first-order valence-electron chi connectivity index (χ1n) is 6.62. The van der Waals surface area contributed by atoms with Crippen molar-refractivity contribution in [2.45, 2.75) is 19.9 Å². The van der Waals surface area contributed by atoms with E-state index >= 15 is 0 Å². The fraction of sp³-hybridized carbons (Fsp3) is 0.357. The Morgan fingerprint density at radius 1 is 1.38 bits per heavy atom. The van der Waals surface area contributed by atoms with Gasteiger partial charge in [-0.1, -0.05) is 0 Å². The van der Waals surface area contributed by atoms with Crippen LogP contribution in [-0.4, -0.2) is 22.8 Å². The van der Waals surface area contributed by atoms with Gasteiger partial charge >= 0.3 is 0 Å². The lowest BCUT2D eigenvalue weighted by Gasteiger charge is -2.12. The number of nitrogens with zero attached hydrogens (tertiary/aromatic N) is 2. The molecule has 1 aromatic carbocycles. The zero-order chi connectivity index (χ0) is 15.2. The van der Waals surface area contributed by atoms with Crippen molar-refractivity contribution in [3.05, 3.63) is 40.6 Å². The molecule has 21 heavy (non-hydrogen) atoms. The van der Waals surface area contributed by atoms with E-state index in [1.807, 2.05) is 11.5 Å². The van der Waals surface area contributed by atoms with Crippen LogP contribution in [0, 0.1) is 11.6 Å². The Bertz CT molecular complexity index is 581. The lowest BCUT2D eigenvalue weighted by molar-refractivity contribution is 0.142. The summed E-state index contributed by atoms with van der Waals surface area (Å²) < 4.78 is 34.3. The van der Waals surface area contributed by atoms with Crippen molar-refractivity contribution in [2.24, 2.45) is 0 Å². The topological polar surface area (TPSA) is 39.1 Å². The van der Waals surface area contributed by atoms with E-state index in [4.69, 9.17) is 4.74 Å². The fourth-order valence-electron chi connectivity index (χ4n) is 1.87. The molecule has 0 saturated carbocycles. The van der Waals surface area contributed by atoms with E-state index in [0.717, 1.165) is 12.5 Å². The average molecular weight is 360 g/mol. The normalized spacial score (nSPS) is 10.9. The molecule has 1 heterocycles. The summed E-state index contributed by atoms with van der Waals surface area (Å²) >= 11 is 3.14. The van der Waals surface area contributed by atoms with Gasteiger partial charge in [-0.2, -0.15) is 0 Å². The Labute approximate surface area is 130 Å². The monoisotopic (exact) mass is 359 g/mol. The van der Waals surface area contributed by atoms with E-state index in [1.54, 1.807) is 12.4 Å². The van der Waals surface area contributed by atoms with Crippen LogP contribution in [0.4, 0.5) is 20.4 Å². The molecule has 0 radical (unpaired) electrons. The molecule has 0 spiro atoms. The number of rotatable bonds is 7. The Hall–Kier alpha value is -1.47. The third kappa shape index (κ3) is 4.25. The molecule has 0 atom stereocenters. The van der Waals surface area contributed by atoms with Crippen molar-refractivity contribution in [3.8, 4) is 0 Å². The van der Waals surface area contributed by atoms with Gasteiger partial charge in [0.2, 0.25) is 5.95 Å². The molecule has 2 rings (SSSR count). The highest BCUT2D eigenvalue weighted by Gasteiger charge is 2.12. The van der Waals surface area contributed by atoms with Gasteiger partial charge in [0.1, 0.15) is 5.82 Å². The largest absolute Gasteiger partial charge is 0.382 e. The van der Waals surface area contributed by atoms with Crippen molar-refractivity contribution >= 4 is 27.6 Å². The van der Waals surface area contributed by atoms with Crippen molar-refractivity contribution in [1.29, 1.82) is 0 Å². The van der Waals surface area contributed by atoms with Crippen LogP contribution in [0.1, 0.15) is 13.3 Å². The molecule has 114 valence electrons. The number of hydrogen-bond acceptors (Lipinski definition) is 3. The molecule has 0 bridgehead atoms. The second kappa shape index (κ2) is 7.51. The highest BCUT2D eigenvalue weighted by molar-refractivity contribution is 9.10. The summed E-state index contributed by atoms with van der Waals surface area (Å²) in [6.45, 7) is 3.98. The first kappa shape index (κ1) is 15.9. The first-order valence-corrected chi connectivity index (χ1v) is 7.41. The van der Waals surface area contributed by atoms with Gasteiger partial charge in [0.25, 0.3) is 0 Å². The Morgan fingerprint density at radius 3 is 2.90 bits per heavy atom. The minimum absolute atomic E-state index is 0.161. The number of imidazole rings is 1. The van der Waals surface area contributed by atoms with E-state index < -0.39 is 11.6 Å². The van der Waals surface area contributed by atoms with Crippen LogP contribution < -0.4 is 5.32 Å². The molecule has 0 aliphatic heterocycles. The van der Waals surface area contributed by atoms with Gasteiger partial charge in [-0.05, 0) is 35.3 Å². The summed E-state index contributed by atoms with van der Waals surface area (Å²) in [4.78, 5) is 4.14. The van der Waals surface area contributed by atoms with Gasteiger partial charge in [-0.3, -0.25) is 0 Å². The number of aryl methyl sites for hydroxylation is 1. The van der Waals surface area contributed by atoms with Crippen molar-refractivity contribution in [2.75, 3.05) is 18.5 Å². The Morgan fingerprint density at radius 2 is 2.19 bits per heavy atom. The van der Waals surface area contributed by atoms with Gasteiger partial charge < -0.3 is 14.6 Å². The molecular weight excluding hydrogens is 344 g/mol. The number of benzene rings is 1. The summed E-state index contributed by atoms with van der Waals surface area (Å²) in [5.41, 5.74) is 0.161. The summed E-state index contributed by atoms with van der Waals surface area (Å²) in [6, 6.07) is 2.03. The Kier molecular flexibility index (Phi) is 5.69. The van der Waals surface area contributed by atoms with Crippen molar-refractivity contribution in [1.82, 2.24) is 9.55 Å². The van der Waals surface area contributed by atoms with Crippen LogP contribution in [0.5, 0.6) is 0 Å². The molecule has 1 aromatic heterocycles. The van der Waals surface area contributed by atoms with Gasteiger partial charge in [0.15, 0.2) is 5.82 Å². The number of hydrogen-bond donors (Lipinski definition) is 1. The number of nitrogens with one attached hydrogen (secondary N) is 1. The zero-order valence-electron chi connectivity index (χ0n) is 11.6. The van der Waals surface area contributed by atoms with Gasteiger partial charge in [0.05, 0.1) is 5.69 Å². The molecule has 0 aliphatic rings. The molecule has 0 fully saturated rings. The lowest BCUT2D eigenvalue weighted by Crippen LogP contribution is -2.07. The third-order valence-electron chi connectivity index (χ3n) is 2.85. The molecule has 0 saturated heterocycles. The van der Waals surface area contributed by atoms with Gasteiger partial charge in [-0.15, -0.1) is 0 Å². The Balaban J connectivity index is 2.09. The number of aromatic nitrogens is 2. The second-order valence-corrected chi connectivity index (χ2v) is 5.22. The summed E-state index contributed by atoms with van der Waals surface area (Å²) in [6.07, 6.45) is 4.24.